The van der Waals surface area contributed by atoms with Gasteiger partial charge >= 0.3 is 5.97 Å². The summed E-state index contributed by atoms with van der Waals surface area (Å²) in [7, 11) is 1.90. The minimum absolute atomic E-state index is 0.295. The molecule has 0 aliphatic heterocycles. The number of hydrogen-bond donors (Lipinski definition) is 1. The van der Waals surface area contributed by atoms with Crippen molar-refractivity contribution in [1.82, 2.24) is 9.78 Å². The average Bonchev–Trinajstić information content (AvgIpc) is 2.53. The van der Waals surface area contributed by atoms with Crippen molar-refractivity contribution in [3.8, 4) is 0 Å². The summed E-state index contributed by atoms with van der Waals surface area (Å²) in [6.07, 6.45) is 3.63. The molecule has 1 saturated carbocycles. The second-order valence-electron chi connectivity index (χ2n) is 4.64. The Kier molecular flexibility index (Phi) is 2.18. The Morgan fingerprint density at radius 2 is 2.24 bits per heavy atom. The van der Waals surface area contributed by atoms with Gasteiger partial charge in [0.15, 0.2) is 0 Å². The highest BCUT2D eigenvalue weighted by Gasteiger charge is 2.26. The van der Waals surface area contributed by atoms with Crippen molar-refractivity contribution in [1.29, 1.82) is 0 Å². The van der Waals surface area contributed by atoms with Gasteiger partial charge in [0.1, 0.15) is 5.52 Å². The maximum Gasteiger partial charge on any atom is 0.337 e. The van der Waals surface area contributed by atoms with Crippen LogP contribution in [0.25, 0.3) is 10.9 Å². The van der Waals surface area contributed by atoms with Gasteiger partial charge < -0.3 is 5.11 Å². The van der Waals surface area contributed by atoms with E-state index in [2.05, 4.69) is 5.10 Å². The summed E-state index contributed by atoms with van der Waals surface area (Å²) in [5.41, 5.74) is 2.10. The lowest BCUT2D eigenvalue weighted by Gasteiger charge is -2.25. The SMILES string of the molecule is Cn1nc2c(C(=O)O)cccc2c1C1CCC1. The molecule has 2 aromatic rings. The quantitative estimate of drug-likeness (QED) is 0.862. The number of benzene rings is 1. The summed E-state index contributed by atoms with van der Waals surface area (Å²) in [4.78, 5) is 11.1. The first-order chi connectivity index (χ1) is 8.18. The van der Waals surface area contributed by atoms with Gasteiger partial charge in [-0.25, -0.2) is 4.79 Å². The molecule has 1 aliphatic carbocycles. The van der Waals surface area contributed by atoms with E-state index in [1.165, 1.54) is 25.0 Å². The zero-order valence-electron chi connectivity index (χ0n) is 9.68. The summed E-state index contributed by atoms with van der Waals surface area (Å²) in [6.45, 7) is 0. The molecule has 4 heteroatoms. The highest BCUT2D eigenvalue weighted by Crippen LogP contribution is 2.39. The largest absolute Gasteiger partial charge is 0.478 e. The second kappa shape index (κ2) is 3.58. The highest BCUT2D eigenvalue weighted by molar-refractivity contribution is 6.02. The van der Waals surface area contributed by atoms with E-state index in [1.807, 2.05) is 17.8 Å². The van der Waals surface area contributed by atoms with Gasteiger partial charge in [0.05, 0.1) is 5.56 Å². The Bertz CT molecular complexity index is 597. The normalized spacial score (nSPS) is 16.1. The minimum Gasteiger partial charge on any atom is -0.478 e. The van der Waals surface area contributed by atoms with Crippen LogP contribution in [0.3, 0.4) is 0 Å². The van der Waals surface area contributed by atoms with E-state index in [0.29, 0.717) is 17.0 Å². The maximum absolute atomic E-state index is 11.1. The molecule has 0 atom stereocenters. The van der Waals surface area contributed by atoms with E-state index in [4.69, 9.17) is 5.11 Å². The van der Waals surface area contributed by atoms with Crippen molar-refractivity contribution in [2.24, 2.45) is 7.05 Å². The van der Waals surface area contributed by atoms with E-state index in [-0.39, 0.29) is 0 Å². The van der Waals surface area contributed by atoms with E-state index in [0.717, 1.165) is 5.39 Å². The molecule has 0 amide bonds. The predicted octanol–water partition coefficient (Wildman–Crippen LogP) is 2.54. The molecular weight excluding hydrogens is 216 g/mol. The fourth-order valence-electron chi connectivity index (χ4n) is 2.57. The zero-order chi connectivity index (χ0) is 12.0. The number of carbonyl (C=O) groups is 1. The molecule has 1 aromatic carbocycles. The van der Waals surface area contributed by atoms with Crippen molar-refractivity contribution < 1.29 is 9.90 Å². The van der Waals surface area contributed by atoms with Crippen molar-refractivity contribution in [3.63, 3.8) is 0 Å². The Morgan fingerprint density at radius 1 is 1.47 bits per heavy atom. The van der Waals surface area contributed by atoms with Gasteiger partial charge in [-0.1, -0.05) is 18.6 Å². The molecule has 88 valence electrons. The van der Waals surface area contributed by atoms with Crippen LogP contribution in [0.4, 0.5) is 0 Å². The second-order valence-corrected chi connectivity index (χ2v) is 4.64. The molecule has 1 aromatic heterocycles. The van der Waals surface area contributed by atoms with Crippen LogP contribution < -0.4 is 0 Å². The monoisotopic (exact) mass is 230 g/mol. The minimum atomic E-state index is -0.908. The maximum atomic E-state index is 11.1. The van der Waals surface area contributed by atoms with E-state index < -0.39 is 5.97 Å². The molecule has 1 N–H and O–H groups in total. The lowest BCUT2D eigenvalue weighted by atomic mass is 9.81. The van der Waals surface area contributed by atoms with Crippen molar-refractivity contribution in [2.75, 3.05) is 0 Å². The van der Waals surface area contributed by atoms with E-state index >= 15 is 0 Å². The predicted molar refractivity (Wildman–Crippen MR) is 64.3 cm³/mol. The first-order valence-electron chi connectivity index (χ1n) is 5.87. The topological polar surface area (TPSA) is 55.1 Å². The zero-order valence-corrected chi connectivity index (χ0v) is 9.68. The van der Waals surface area contributed by atoms with Crippen LogP contribution in [-0.4, -0.2) is 20.9 Å². The number of fused-ring (bicyclic) bond motifs is 1. The van der Waals surface area contributed by atoms with Crippen molar-refractivity contribution in [2.45, 2.75) is 25.2 Å². The van der Waals surface area contributed by atoms with E-state index in [1.54, 1.807) is 12.1 Å². The lowest BCUT2D eigenvalue weighted by Crippen LogP contribution is -2.13. The summed E-state index contributed by atoms with van der Waals surface area (Å²) < 4.78 is 1.85. The van der Waals surface area contributed by atoms with Gasteiger partial charge in [-0.15, -0.1) is 0 Å². The first-order valence-corrected chi connectivity index (χ1v) is 5.87. The van der Waals surface area contributed by atoms with Crippen LogP contribution in [0.15, 0.2) is 18.2 Å². The molecule has 0 unspecified atom stereocenters. The lowest BCUT2D eigenvalue weighted by molar-refractivity contribution is 0.0699. The van der Waals surface area contributed by atoms with Crippen LogP contribution in [0.5, 0.6) is 0 Å². The number of hydrogen-bond acceptors (Lipinski definition) is 2. The third-order valence-electron chi connectivity index (χ3n) is 3.63. The van der Waals surface area contributed by atoms with Gasteiger partial charge in [0, 0.05) is 24.0 Å². The molecule has 17 heavy (non-hydrogen) atoms. The smallest absolute Gasteiger partial charge is 0.337 e. The number of rotatable bonds is 2. The molecule has 0 spiro atoms. The molecule has 1 aliphatic rings. The average molecular weight is 230 g/mol. The molecule has 0 radical (unpaired) electrons. The van der Waals surface area contributed by atoms with E-state index in [9.17, 15) is 4.79 Å². The number of nitrogens with zero attached hydrogens (tertiary/aromatic N) is 2. The molecule has 0 saturated heterocycles. The van der Waals surface area contributed by atoms with Crippen LogP contribution in [0.1, 0.15) is 41.2 Å². The number of aromatic nitrogens is 2. The Hall–Kier alpha value is -1.84. The Morgan fingerprint density at radius 3 is 2.82 bits per heavy atom. The van der Waals surface area contributed by atoms with Gasteiger partial charge in [-0.2, -0.15) is 5.10 Å². The summed E-state index contributed by atoms with van der Waals surface area (Å²) in [5.74, 6) is -0.358. The molecule has 0 bridgehead atoms. The number of carboxylic acid groups (broad SMARTS) is 1. The fraction of sp³-hybridized carbons (Fsp3) is 0.385. The highest BCUT2D eigenvalue weighted by atomic mass is 16.4. The third kappa shape index (κ3) is 1.44. The van der Waals surface area contributed by atoms with Crippen molar-refractivity contribution in [3.05, 3.63) is 29.5 Å². The van der Waals surface area contributed by atoms with Gasteiger partial charge in [-0.3, -0.25) is 4.68 Å². The van der Waals surface area contributed by atoms with Crippen LogP contribution >= 0.6 is 0 Å². The summed E-state index contributed by atoms with van der Waals surface area (Å²) in [5, 5.41) is 14.5. The van der Waals surface area contributed by atoms with Gasteiger partial charge in [0.2, 0.25) is 0 Å². The Labute approximate surface area is 98.9 Å². The molecule has 1 heterocycles. The third-order valence-corrected chi connectivity index (χ3v) is 3.63. The fourth-order valence-corrected chi connectivity index (χ4v) is 2.57. The molecule has 1 fully saturated rings. The summed E-state index contributed by atoms with van der Waals surface area (Å²) >= 11 is 0. The van der Waals surface area contributed by atoms with Crippen LogP contribution in [-0.2, 0) is 7.05 Å². The van der Waals surface area contributed by atoms with Crippen LogP contribution in [0.2, 0.25) is 0 Å². The number of aryl methyl sites for hydroxylation is 1. The number of aromatic carboxylic acids is 1. The van der Waals surface area contributed by atoms with Crippen molar-refractivity contribution >= 4 is 16.9 Å². The summed E-state index contributed by atoms with van der Waals surface area (Å²) in [6, 6.07) is 5.39. The van der Waals surface area contributed by atoms with Crippen LogP contribution in [0, 0.1) is 0 Å². The standard InChI is InChI=1S/C13H14N2O2/c1-15-12(8-4-2-5-8)9-6-3-7-10(13(16)17)11(9)14-15/h3,6-8H,2,4-5H2,1H3,(H,16,17). The van der Waals surface area contributed by atoms with Gasteiger partial charge in [0.25, 0.3) is 0 Å². The molecular formula is C13H14N2O2. The number of carboxylic acids is 1. The van der Waals surface area contributed by atoms with Gasteiger partial charge in [-0.05, 0) is 18.9 Å². The molecule has 4 nitrogen and oxygen atoms in total. The first kappa shape index (κ1) is 10.3. The molecule has 3 rings (SSSR count). The Balaban J connectivity index is 2.26.